The summed E-state index contributed by atoms with van der Waals surface area (Å²) in [6.07, 6.45) is 0.609. The summed E-state index contributed by atoms with van der Waals surface area (Å²) in [5.74, 6) is -0.138. The number of carbonyl (C=O) groups is 2. The first-order valence-corrected chi connectivity index (χ1v) is 6.31. The molecule has 1 aromatic carbocycles. The molecule has 0 aromatic heterocycles. The molecule has 1 aromatic rings. The summed E-state index contributed by atoms with van der Waals surface area (Å²) < 4.78 is 0. The zero-order chi connectivity index (χ0) is 13.1. The lowest BCUT2D eigenvalue weighted by molar-refractivity contribution is -0.146. The number of hydrogen-bond donors (Lipinski definition) is 1. The number of hydrogen-bond acceptors (Lipinski definition) is 2. The molecular weight excluding hydrogens is 252 g/mol. The van der Waals surface area contributed by atoms with E-state index >= 15 is 0 Å². The van der Waals surface area contributed by atoms with Gasteiger partial charge in [-0.25, -0.2) is 0 Å². The minimum absolute atomic E-state index is 0.0542. The Labute approximate surface area is 111 Å². The highest BCUT2D eigenvalue weighted by Crippen LogP contribution is 2.17. The van der Waals surface area contributed by atoms with Crippen molar-refractivity contribution in [3.8, 4) is 0 Å². The van der Waals surface area contributed by atoms with Gasteiger partial charge in [-0.15, -0.1) is 0 Å². The minimum Gasteiger partial charge on any atom is -0.345 e. The number of nitrogens with zero attached hydrogens (tertiary/aromatic N) is 1. The zero-order valence-corrected chi connectivity index (χ0v) is 10.9. The van der Waals surface area contributed by atoms with Crippen molar-refractivity contribution in [3.63, 3.8) is 0 Å². The Balaban J connectivity index is 2.19. The van der Waals surface area contributed by atoms with Gasteiger partial charge in [0.25, 0.3) is 0 Å². The van der Waals surface area contributed by atoms with E-state index in [1.165, 1.54) is 0 Å². The molecule has 1 atom stereocenters. The first kappa shape index (κ1) is 12.9. The van der Waals surface area contributed by atoms with Gasteiger partial charge in [-0.05, 0) is 24.1 Å². The third-order valence-corrected chi connectivity index (χ3v) is 3.28. The molecule has 1 N–H and O–H groups in total. The molecule has 18 heavy (non-hydrogen) atoms. The molecule has 0 bridgehead atoms. The van der Waals surface area contributed by atoms with Crippen LogP contribution in [0.4, 0.5) is 0 Å². The number of amides is 2. The van der Waals surface area contributed by atoms with Crippen molar-refractivity contribution in [2.75, 3.05) is 6.54 Å². The molecule has 0 radical (unpaired) electrons. The third kappa shape index (κ3) is 2.64. The summed E-state index contributed by atoms with van der Waals surface area (Å²) in [6, 6.07) is 6.96. The second-order valence-corrected chi connectivity index (χ2v) is 4.73. The summed E-state index contributed by atoms with van der Waals surface area (Å²) in [5, 5.41) is 3.24. The Kier molecular flexibility index (Phi) is 3.87. The Morgan fingerprint density at radius 2 is 2.22 bits per heavy atom. The maximum Gasteiger partial charge on any atom is 0.243 e. The standard InChI is InChI=1S/C13H15ClN2O2/c1-2-11-13(18)15-7-12(17)16(11)8-9-4-3-5-10(14)6-9/h3-6,11H,2,7-8H2,1H3,(H,15,18). The number of nitrogens with one attached hydrogen (secondary N) is 1. The quantitative estimate of drug-likeness (QED) is 0.903. The SMILES string of the molecule is CCC1C(=O)NCC(=O)N1Cc1cccc(Cl)c1. The van der Waals surface area contributed by atoms with Crippen LogP contribution in [-0.4, -0.2) is 29.3 Å². The monoisotopic (exact) mass is 266 g/mol. The van der Waals surface area contributed by atoms with Gasteiger partial charge < -0.3 is 10.2 Å². The largest absolute Gasteiger partial charge is 0.345 e. The maximum absolute atomic E-state index is 11.9. The van der Waals surface area contributed by atoms with Gasteiger partial charge in [-0.2, -0.15) is 0 Å². The van der Waals surface area contributed by atoms with Gasteiger partial charge in [0.15, 0.2) is 0 Å². The molecule has 1 aliphatic heterocycles. The predicted molar refractivity (Wildman–Crippen MR) is 69.1 cm³/mol. The smallest absolute Gasteiger partial charge is 0.243 e. The second-order valence-electron chi connectivity index (χ2n) is 4.29. The van der Waals surface area contributed by atoms with Crippen molar-refractivity contribution < 1.29 is 9.59 Å². The summed E-state index contributed by atoms with van der Waals surface area (Å²) >= 11 is 5.92. The maximum atomic E-state index is 11.9. The lowest BCUT2D eigenvalue weighted by Crippen LogP contribution is -2.57. The Bertz CT molecular complexity index is 476. The second kappa shape index (κ2) is 5.40. The Morgan fingerprint density at radius 3 is 2.89 bits per heavy atom. The first-order chi connectivity index (χ1) is 8.61. The summed E-state index contributed by atoms with van der Waals surface area (Å²) in [4.78, 5) is 25.2. The van der Waals surface area contributed by atoms with E-state index in [1.54, 1.807) is 11.0 Å². The molecule has 1 fully saturated rings. The number of rotatable bonds is 3. The van der Waals surface area contributed by atoms with Crippen LogP contribution in [0.5, 0.6) is 0 Å². The average Bonchev–Trinajstić information content (AvgIpc) is 2.34. The van der Waals surface area contributed by atoms with E-state index in [0.717, 1.165) is 5.56 Å². The Hall–Kier alpha value is -1.55. The molecule has 5 heteroatoms. The van der Waals surface area contributed by atoms with Crippen LogP contribution in [-0.2, 0) is 16.1 Å². The lowest BCUT2D eigenvalue weighted by atomic mass is 10.1. The highest BCUT2D eigenvalue weighted by Gasteiger charge is 2.32. The topological polar surface area (TPSA) is 49.4 Å². The number of piperazine rings is 1. The van der Waals surface area contributed by atoms with Crippen LogP contribution in [0.25, 0.3) is 0 Å². The minimum atomic E-state index is -0.384. The van der Waals surface area contributed by atoms with Crippen LogP contribution < -0.4 is 5.32 Å². The first-order valence-electron chi connectivity index (χ1n) is 5.93. The van der Waals surface area contributed by atoms with Crippen LogP contribution in [0.1, 0.15) is 18.9 Å². The van der Waals surface area contributed by atoms with Gasteiger partial charge >= 0.3 is 0 Å². The molecular formula is C13H15ClN2O2. The normalized spacial score (nSPS) is 19.9. The molecule has 0 saturated carbocycles. The fourth-order valence-corrected chi connectivity index (χ4v) is 2.35. The fraction of sp³-hybridized carbons (Fsp3) is 0.385. The van der Waals surface area contributed by atoms with Crippen molar-refractivity contribution >= 4 is 23.4 Å². The van der Waals surface area contributed by atoms with Crippen LogP contribution in [0.15, 0.2) is 24.3 Å². The molecule has 1 unspecified atom stereocenters. The van der Waals surface area contributed by atoms with Crippen LogP contribution in [0, 0.1) is 0 Å². The summed E-state index contributed by atoms with van der Waals surface area (Å²) in [5.41, 5.74) is 0.934. The van der Waals surface area contributed by atoms with Gasteiger partial charge in [0.1, 0.15) is 6.04 Å². The highest BCUT2D eigenvalue weighted by atomic mass is 35.5. The number of halogens is 1. The van der Waals surface area contributed by atoms with Gasteiger partial charge in [0.05, 0.1) is 6.54 Å². The van der Waals surface area contributed by atoms with Crippen molar-refractivity contribution in [1.82, 2.24) is 10.2 Å². The molecule has 1 heterocycles. The van der Waals surface area contributed by atoms with Gasteiger partial charge in [-0.3, -0.25) is 9.59 Å². The van der Waals surface area contributed by atoms with Crippen LogP contribution >= 0.6 is 11.6 Å². The molecule has 1 saturated heterocycles. The van der Waals surface area contributed by atoms with Gasteiger partial charge in [0, 0.05) is 11.6 Å². The molecule has 0 aliphatic carbocycles. The molecule has 2 amide bonds. The van der Waals surface area contributed by atoms with E-state index < -0.39 is 0 Å². The number of benzene rings is 1. The highest BCUT2D eigenvalue weighted by molar-refractivity contribution is 6.30. The fourth-order valence-electron chi connectivity index (χ4n) is 2.13. The van der Waals surface area contributed by atoms with Crippen molar-refractivity contribution in [2.45, 2.75) is 25.9 Å². The van der Waals surface area contributed by atoms with Crippen molar-refractivity contribution in [1.29, 1.82) is 0 Å². The third-order valence-electron chi connectivity index (χ3n) is 3.04. The molecule has 1 aliphatic rings. The van der Waals surface area contributed by atoms with E-state index in [-0.39, 0.29) is 24.4 Å². The average molecular weight is 267 g/mol. The van der Waals surface area contributed by atoms with E-state index in [9.17, 15) is 9.59 Å². The molecule has 4 nitrogen and oxygen atoms in total. The molecule has 96 valence electrons. The van der Waals surface area contributed by atoms with Gasteiger partial charge in [0.2, 0.25) is 11.8 Å². The number of carbonyl (C=O) groups excluding carboxylic acids is 2. The van der Waals surface area contributed by atoms with Crippen LogP contribution in [0.3, 0.4) is 0 Å². The molecule has 2 rings (SSSR count). The van der Waals surface area contributed by atoms with Crippen molar-refractivity contribution in [3.05, 3.63) is 34.9 Å². The predicted octanol–water partition coefficient (Wildman–Crippen LogP) is 1.58. The zero-order valence-electron chi connectivity index (χ0n) is 10.1. The van der Waals surface area contributed by atoms with E-state index in [1.807, 2.05) is 25.1 Å². The molecule has 0 spiro atoms. The van der Waals surface area contributed by atoms with E-state index in [0.29, 0.717) is 18.0 Å². The Morgan fingerprint density at radius 1 is 1.44 bits per heavy atom. The summed E-state index contributed by atoms with van der Waals surface area (Å²) in [7, 11) is 0. The summed E-state index contributed by atoms with van der Waals surface area (Å²) in [6.45, 7) is 2.40. The lowest BCUT2D eigenvalue weighted by Gasteiger charge is -2.34. The van der Waals surface area contributed by atoms with E-state index in [2.05, 4.69) is 5.32 Å². The van der Waals surface area contributed by atoms with Crippen LogP contribution in [0.2, 0.25) is 5.02 Å². The van der Waals surface area contributed by atoms with Crippen molar-refractivity contribution in [2.24, 2.45) is 0 Å². The van der Waals surface area contributed by atoms with E-state index in [4.69, 9.17) is 11.6 Å². The van der Waals surface area contributed by atoms with Gasteiger partial charge in [-0.1, -0.05) is 30.7 Å².